The molecule has 2 rings (SSSR count). The second kappa shape index (κ2) is 6.78. The van der Waals surface area contributed by atoms with E-state index in [1.807, 2.05) is 12.1 Å². The third kappa shape index (κ3) is 4.70. The molecule has 0 saturated heterocycles. The lowest BCUT2D eigenvalue weighted by Crippen LogP contribution is -2.35. The first-order chi connectivity index (χ1) is 9.89. The SMILES string of the molecule is CCN(CC1CCC1)c1ccc(CNC(C)(C)C)cc1F. The summed E-state index contributed by atoms with van der Waals surface area (Å²) in [6.07, 6.45) is 3.93. The Labute approximate surface area is 128 Å². The van der Waals surface area contributed by atoms with E-state index in [2.05, 4.69) is 37.9 Å². The predicted octanol–water partition coefficient (Wildman–Crippen LogP) is 4.34. The third-order valence-corrected chi connectivity index (χ3v) is 4.26. The van der Waals surface area contributed by atoms with E-state index in [4.69, 9.17) is 0 Å². The first-order valence-corrected chi connectivity index (χ1v) is 8.17. The summed E-state index contributed by atoms with van der Waals surface area (Å²) in [6, 6.07) is 5.66. The van der Waals surface area contributed by atoms with Crippen LogP contribution in [0.15, 0.2) is 18.2 Å². The normalized spacial score (nSPS) is 15.9. The Morgan fingerprint density at radius 1 is 1.29 bits per heavy atom. The average molecular weight is 292 g/mol. The Balaban J connectivity index is 2.02. The van der Waals surface area contributed by atoms with Gasteiger partial charge in [0.1, 0.15) is 5.82 Å². The molecule has 1 aliphatic carbocycles. The van der Waals surface area contributed by atoms with Gasteiger partial charge in [0, 0.05) is 25.2 Å². The van der Waals surface area contributed by atoms with Gasteiger partial charge < -0.3 is 10.2 Å². The van der Waals surface area contributed by atoms with Gasteiger partial charge in [-0.1, -0.05) is 12.5 Å². The smallest absolute Gasteiger partial charge is 0.146 e. The van der Waals surface area contributed by atoms with Crippen LogP contribution in [-0.4, -0.2) is 18.6 Å². The van der Waals surface area contributed by atoms with E-state index in [1.54, 1.807) is 6.07 Å². The molecule has 118 valence electrons. The van der Waals surface area contributed by atoms with Crippen molar-refractivity contribution >= 4 is 5.69 Å². The zero-order chi connectivity index (χ0) is 15.5. The second-order valence-corrected chi connectivity index (χ2v) is 7.22. The molecule has 0 spiro atoms. The van der Waals surface area contributed by atoms with Crippen LogP contribution in [0.3, 0.4) is 0 Å². The fourth-order valence-electron chi connectivity index (χ4n) is 2.67. The number of hydrogen-bond donors (Lipinski definition) is 1. The Hall–Kier alpha value is -1.09. The highest BCUT2D eigenvalue weighted by Crippen LogP contribution is 2.30. The van der Waals surface area contributed by atoms with Crippen molar-refractivity contribution < 1.29 is 4.39 Å². The van der Waals surface area contributed by atoms with E-state index in [9.17, 15) is 4.39 Å². The van der Waals surface area contributed by atoms with Crippen molar-refractivity contribution in [1.29, 1.82) is 0 Å². The molecule has 0 aromatic heterocycles. The molecule has 0 aliphatic heterocycles. The Morgan fingerprint density at radius 2 is 2.00 bits per heavy atom. The minimum atomic E-state index is -0.0932. The summed E-state index contributed by atoms with van der Waals surface area (Å²) in [6.45, 7) is 11.0. The molecule has 0 radical (unpaired) electrons. The van der Waals surface area contributed by atoms with E-state index in [0.717, 1.165) is 30.3 Å². The molecule has 0 bridgehead atoms. The quantitative estimate of drug-likeness (QED) is 0.839. The fraction of sp³-hybridized carbons (Fsp3) is 0.667. The maximum Gasteiger partial charge on any atom is 0.146 e. The van der Waals surface area contributed by atoms with Gasteiger partial charge in [-0.25, -0.2) is 4.39 Å². The summed E-state index contributed by atoms with van der Waals surface area (Å²) in [5, 5.41) is 3.40. The van der Waals surface area contributed by atoms with Crippen LogP contribution in [0.25, 0.3) is 0 Å². The third-order valence-electron chi connectivity index (χ3n) is 4.26. The maximum atomic E-state index is 14.4. The highest BCUT2D eigenvalue weighted by molar-refractivity contribution is 5.49. The summed E-state index contributed by atoms with van der Waals surface area (Å²) >= 11 is 0. The Bertz CT molecular complexity index is 461. The molecule has 1 N–H and O–H groups in total. The van der Waals surface area contributed by atoms with Crippen LogP contribution in [0, 0.1) is 11.7 Å². The highest BCUT2D eigenvalue weighted by Gasteiger charge is 2.21. The van der Waals surface area contributed by atoms with Crippen LogP contribution >= 0.6 is 0 Å². The van der Waals surface area contributed by atoms with Gasteiger partial charge >= 0.3 is 0 Å². The molecule has 2 nitrogen and oxygen atoms in total. The number of hydrogen-bond acceptors (Lipinski definition) is 2. The van der Waals surface area contributed by atoms with Gasteiger partial charge in [-0.3, -0.25) is 0 Å². The molecular weight excluding hydrogens is 263 g/mol. The van der Waals surface area contributed by atoms with Gasteiger partial charge in [0.15, 0.2) is 0 Å². The molecular formula is C18H29FN2. The molecule has 0 unspecified atom stereocenters. The largest absolute Gasteiger partial charge is 0.369 e. The Kier molecular flexibility index (Phi) is 5.26. The van der Waals surface area contributed by atoms with Crippen molar-refractivity contribution in [2.75, 3.05) is 18.0 Å². The number of benzene rings is 1. The van der Waals surface area contributed by atoms with Crippen LogP contribution in [0.5, 0.6) is 0 Å². The van der Waals surface area contributed by atoms with E-state index < -0.39 is 0 Å². The minimum absolute atomic E-state index is 0.0504. The lowest BCUT2D eigenvalue weighted by Gasteiger charge is -2.33. The fourth-order valence-corrected chi connectivity index (χ4v) is 2.67. The van der Waals surface area contributed by atoms with Crippen LogP contribution in [0.4, 0.5) is 10.1 Å². The van der Waals surface area contributed by atoms with E-state index in [0.29, 0.717) is 6.54 Å². The first kappa shape index (κ1) is 16.3. The molecule has 1 aromatic carbocycles. The first-order valence-electron chi connectivity index (χ1n) is 8.17. The standard InChI is InChI=1S/C18H29FN2/c1-5-21(13-14-7-6-8-14)17-10-9-15(11-16(17)19)12-20-18(2,3)4/h9-11,14,20H,5-8,12-13H2,1-4H3. The van der Waals surface area contributed by atoms with Crippen molar-refractivity contribution in [2.24, 2.45) is 5.92 Å². The monoisotopic (exact) mass is 292 g/mol. The van der Waals surface area contributed by atoms with Crippen LogP contribution in [0.1, 0.15) is 52.5 Å². The summed E-state index contributed by atoms with van der Waals surface area (Å²) in [5.74, 6) is 0.663. The van der Waals surface area contributed by atoms with Crippen LogP contribution in [-0.2, 0) is 6.54 Å². The molecule has 21 heavy (non-hydrogen) atoms. The van der Waals surface area contributed by atoms with Crippen LogP contribution in [0.2, 0.25) is 0 Å². The van der Waals surface area contributed by atoms with Crippen molar-refractivity contribution in [3.8, 4) is 0 Å². The van der Waals surface area contributed by atoms with Gasteiger partial charge in [-0.15, -0.1) is 0 Å². The molecule has 0 atom stereocenters. The van der Waals surface area contributed by atoms with E-state index >= 15 is 0 Å². The molecule has 1 aliphatic rings. The molecule has 0 heterocycles. The highest BCUT2D eigenvalue weighted by atomic mass is 19.1. The molecule has 1 fully saturated rings. The van der Waals surface area contributed by atoms with E-state index in [-0.39, 0.29) is 11.4 Å². The number of nitrogens with one attached hydrogen (secondary N) is 1. The van der Waals surface area contributed by atoms with E-state index in [1.165, 1.54) is 19.3 Å². The van der Waals surface area contributed by atoms with Gasteiger partial charge in [-0.05, 0) is 64.2 Å². The van der Waals surface area contributed by atoms with Crippen molar-refractivity contribution in [3.05, 3.63) is 29.6 Å². The minimum Gasteiger partial charge on any atom is -0.369 e. The second-order valence-electron chi connectivity index (χ2n) is 7.22. The zero-order valence-electron chi connectivity index (χ0n) is 13.9. The van der Waals surface area contributed by atoms with Gasteiger partial charge in [0.25, 0.3) is 0 Å². The lowest BCUT2D eigenvalue weighted by atomic mass is 9.85. The van der Waals surface area contributed by atoms with Crippen LogP contribution < -0.4 is 10.2 Å². The number of halogens is 1. The van der Waals surface area contributed by atoms with Gasteiger partial charge in [0.2, 0.25) is 0 Å². The van der Waals surface area contributed by atoms with Crippen molar-refractivity contribution in [3.63, 3.8) is 0 Å². The van der Waals surface area contributed by atoms with Gasteiger partial charge in [-0.2, -0.15) is 0 Å². The van der Waals surface area contributed by atoms with Gasteiger partial charge in [0.05, 0.1) is 5.69 Å². The zero-order valence-corrected chi connectivity index (χ0v) is 13.9. The number of nitrogens with zero attached hydrogens (tertiary/aromatic N) is 1. The summed E-state index contributed by atoms with van der Waals surface area (Å²) in [4.78, 5) is 2.18. The average Bonchev–Trinajstić information content (AvgIpc) is 2.36. The van der Waals surface area contributed by atoms with Crippen molar-refractivity contribution in [1.82, 2.24) is 5.32 Å². The van der Waals surface area contributed by atoms with Crippen molar-refractivity contribution in [2.45, 2.75) is 59.0 Å². The number of rotatable bonds is 6. The number of anilines is 1. The summed E-state index contributed by atoms with van der Waals surface area (Å²) in [5.41, 5.74) is 1.81. The topological polar surface area (TPSA) is 15.3 Å². The molecule has 1 aromatic rings. The lowest BCUT2D eigenvalue weighted by molar-refractivity contribution is 0.318. The molecule has 1 saturated carbocycles. The molecule has 3 heteroatoms. The molecule has 0 amide bonds. The maximum absolute atomic E-state index is 14.4. The Morgan fingerprint density at radius 3 is 2.48 bits per heavy atom. The predicted molar refractivity (Wildman–Crippen MR) is 88.2 cm³/mol. The summed E-state index contributed by atoms with van der Waals surface area (Å²) < 4.78 is 14.4. The summed E-state index contributed by atoms with van der Waals surface area (Å²) in [7, 11) is 0.